The van der Waals surface area contributed by atoms with Gasteiger partial charge in [-0.25, -0.2) is 0 Å². The summed E-state index contributed by atoms with van der Waals surface area (Å²) in [5, 5.41) is 9.65. The van der Waals surface area contributed by atoms with Crippen molar-refractivity contribution < 1.29 is 9.68 Å². The molecule has 1 N–H and O–H groups in total. The largest absolute Gasteiger partial charge is 0.492 e. The van der Waals surface area contributed by atoms with E-state index in [1.54, 1.807) is 0 Å². The molecule has 0 bridgehead atoms. The predicted octanol–water partition coefficient (Wildman–Crippen LogP) is 1.10. The number of hydrogen-bond acceptors (Lipinski definition) is 2. The van der Waals surface area contributed by atoms with Crippen molar-refractivity contribution in [3.05, 3.63) is 29.3 Å². The van der Waals surface area contributed by atoms with E-state index in [4.69, 9.17) is 4.65 Å². The maximum absolute atomic E-state index is 9.65. The van der Waals surface area contributed by atoms with Crippen LogP contribution in [-0.2, 0) is 17.7 Å². The Bertz CT molecular complexity index is 336. The summed E-state index contributed by atoms with van der Waals surface area (Å²) in [6, 6.07) is 6.14. The normalized spacial score (nSPS) is 15.0. The molecule has 1 aliphatic rings. The number of hydrogen-bond donors (Lipinski definition) is 1. The van der Waals surface area contributed by atoms with E-state index in [0.717, 1.165) is 17.4 Å². The van der Waals surface area contributed by atoms with Gasteiger partial charge in [0.15, 0.2) is 0 Å². The molecule has 2 nitrogen and oxygen atoms in total. The van der Waals surface area contributed by atoms with Crippen LogP contribution in [0.2, 0.25) is 0 Å². The van der Waals surface area contributed by atoms with E-state index in [0.29, 0.717) is 12.5 Å². The zero-order chi connectivity index (χ0) is 10.1. The van der Waals surface area contributed by atoms with E-state index in [-0.39, 0.29) is 0 Å². The summed E-state index contributed by atoms with van der Waals surface area (Å²) in [6.07, 6.45) is 1.00. The van der Waals surface area contributed by atoms with Crippen molar-refractivity contribution >= 4 is 12.6 Å². The molecule has 0 aliphatic carbocycles. The van der Waals surface area contributed by atoms with Gasteiger partial charge in [-0.1, -0.05) is 32.0 Å². The van der Waals surface area contributed by atoms with Crippen molar-refractivity contribution in [1.29, 1.82) is 0 Å². The molecule has 1 aromatic rings. The third-order valence-electron chi connectivity index (χ3n) is 2.56. The van der Waals surface area contributed by atoms with Gasteiger partial charge in [0.05, 0.1) is 6.61 Å². The lowest BCUT2D eigenvalue weighted by Gasteiger charge is -2.10. The maximum Gasteiger partial charge on any atom is 0.492 e. The van der Waals surface area contributed by atoms with Crippen LogP contribution in [0.25, 0.3) is 0 Å². The Morgan fingerprint density at radius 2 is 2.29 bits per heavy atom. The summed E-state index contributed by atoms with van der Waals surface area (Å²) in [7, 11) is -0.708. The first-order valence-corrected chi connectivity index (χ1v) is 5.09. The van der Waals surface area contributed by atoms with E-state index in [1.807, 2.05) is 12.1 Å². The van der Waals surface area contributed by atoms with Gasteiger partial charge >= 0.3 is 7.12 Å². The molecule has 0 atom stereocenters. The molecule has 2 rings (SSSR count). The number of benzene rings is 1. The lowest BCUT2D eigenvalue weighted by Crippen LogP contribution is -2.31. The first-order chi connectivity index (χ1) is 6.68. The third kappa shape index (κ3) is 1.70. The summed E-state index contributed by atoms with van der Waals surface area (Å²) in [4.78, 5) is 0. The zero-order valence-corrected chi connectivity index (χ0v) is 8.66. The minimum Gasteiger partial charge on any atom is -0.423 e. The van der Waals surface area contributed by atoms with Crippen LogP contribution in [-0.4, -0.2) is 12.1 Å². The Balaban J connectivity index is 2.36. The van der Waals surface area contributed by atoms with E-state index < -0.39 is 7.12 Å². The van der Waals surface area contributed by atoms with Gasteiger partial charge in [0.25, 0.3) is 0 Å². The van der Waals surface area contributed by atoms with E-state index in [2.05, 4.69) is 19.9 Å². The lowest BCUT2D eigenvalue weighted by molar-refractivity contribution is 0.275. The van der Waals surface area contributed by atoms with Gasteiger partial charge < -0.3 is 9.68 Å². The van der Waals surface area contributed by atoms with Gasteiger partial charge in [0, 0.05) is 0 Å². The molecule has 3 heteroatoms. The van der Waals surface area contributed by atoms with Crippen LogP contribution >= 0.6 is 0 Å². The van der Waals surface area contributed by atoms with Gasteiger partial charge in [-0.15, -0.1) is 0 Å². The summed E-state index contributed by atoms with van der Waals surface area (Å²) in [5.74, 6) is 0.606. The second-order valence-corrected chi connectivity index (χ2v) is 4.25. The van der Waals surface area contributed by atoms with Crippen LogP contribution in [0.4, 0.5) is 0 Å². The van der Waals surface area contributed by atoms with E-state index in [9.17, 15) is 5.02 Å². The number of rotatable bonds is 2. The highest BCUT2D eigenvalue weighted by molar-refractivity contribution is 6.62. The van der Waals surface area contributed by atoms with Crippen molar-refractivity contribution in [2.45, 2.75) is 26.9 Å². The van der Waals surface area contributed by atoms with Crippen LogP contribution < -0.4 is 5.46 Å². The standard InChI is InChI=1S/C11H15BO2/c1-8(2)6-9-4-3-5-10-7-14-12(13)11(9)10/h3-5,8,13H,6-7H2,1-2H3. The maximum atomic E-state index is 9.65. The highest BCUT2D eigenvalue weighted by atomic mass is 16.5. The van der Waals surface area contributed by atoms with Gasteiger partial charge in [-0.2, -0.15) is 0 Å². The van der Waals surface area contributed by atoms with Crippen molar-refractivity contribution in [2.75, 3.05) is 0 Å². The topological polar surface area (TPSA) is 29.5 Å². The fourth-order valence-corrected chi connectivity index (χ4v) is 1.98. The molecule has 1 aliphatic heterocycles. The third-order valence-corrected chi connectivity index (χ3v) is 2.56. The van der Waals surface area contributed by atoms with Crippen molar-refractivity contribution in [3.8, 4) is 0 Å². The van der Waals surface area contributed by atoms with Crippen LogP contribution in [0.5, 0.6) is 0 Å². The summed E-state index contributed by atoms with van der Waals surface area (Å²) >= 11 is 0. The zero-order valence-electron chi connectivity index (χ0n) is 8.66. The first-order valence-electron chi connectivity index (χ1n) is 5.09. The van der Waals surface area contributed by atoms with Gasteiger partial charge in [-0.3, -0.25) is 0 Å². The van der Waals surface area contributed by atoms with E-state index in [1.165, 1.54) is 5.56 Å². The highest BCUT2D eigenvalue weighted by Crippen LogP contribution is 2.15. The minimum atomic E-state index is -0.708. The summed E-state index contributed by atoms with van der Waals surface area (Å²) in [6.45, 7) is 4.91. The van der Waals surface area contributed by atoms with E-state index >= 15 is 0 Å². The smallest absolute Gasteiger partial charge is 0.423 e. The van der Waals surface area contributed by atoms with Crippen molar-refractivity contribution in [3.63, 3.8) is 0 Å². The van der Waals surface area contributed by atoms with Crippen LogP contribution in [0.3, 0.4) is 0 Å². The van der Waals surface area contributed by atoms with Gasteiger partial charge in [-0.05, 0) is 28.9 Å². The van der Waals surface area contributed by atoms with Crippen LogP contribution in [0, 0.1) is 5.92 Å². The Morgan fingerprint density at radius 1 is 1.50 bits per heavy atom. The molecule has 14 heavy (non-hydrogen) atoms. The summed E-state index contributed by atoms with van der Waals surface area (Å²) < 4.78 is 5.20. The molecule has 0 spiro atoms. The molecule has 1 heterocycles. The summed E-state index contributed by atoms with van der Waals surface area (Å²) in [5.41, 5.74) is 3.36. The Hall–Kier alpha value is -0.795. The molecular weight excluding hydrogens is 175 g/mol. The fraction of sp³-hybridized carbons (Fsp3) is 0.455. The second-order valence-electron chi connectivity index (χ2n) is 4.25. The molecule has 1 aromatic carbocycles. The minimum absolute atomic E-state index is 0.544. The Labute approximate surface area is 85.1 Å². The molecule has 0 radical (unpaired) electrons. The van der Waals surface area contributed by atoms with Gasteiger partial charge in [0.1, 0.15) is 0 Å². The monoisotopic (exact) mass is 190 g/mol. The fourth-order valence-electron chi connectivity index (χ4n) is 1.98. The Morgan fingerprint density at radius 3 is 3.00 bits per heavy atom. The molecule has 0 fully saturated rings. The quantitative estimate of drug-likeness (QED) is 0.707. The molecule has 0 aromatic heterocycles. The molecule has 0 amide bonds. The van der Waals surface area contributed by atoms with Crippen LogP contribution in [0.15, 0.2) is 18.2 Å². The number of fused-ring (bicyclic) bond motifs is 1. The van der Waals surface area contributed by atoms with Crippen LogP contribution in [0.1, 0.15) is 25.0 Å². The molecule has 0 saturated carbocycles. The average molecular weight is 190 g/mol. The SMILES string of the molecule is CC(C)Cc1cccc2c1B(O)OC2. The molecular formula is C11H15BO2. The van der Waals surface area contributed by atoms with Gasteiger partial charge in [0.2, 0.25) is 0 Å². The van der Waals surface area contributed by atoms with Crippen molar-refractivity contribution in [2.24, 2.45) is 5.92 Å². The molecule has 0 unspecified atom stereocenters. The lowest BCUT2D eigenvalue weighted by atomic mass is 9.74. The first kappa shape index (κ1) is 9.75. The Kier molecular flexibility index (Phi) is 2.61. The average Bonchev–Trinajstić information content (AvgIpc) is 2.48. The highest BCUT2D eigenvalue weighted by Gasteiger charge is 2.29. The molecule has 0 saturated heterocycles. The second kappa shape index (κ2) is 3.75. The van der Waals surface area contributed by atoms with Crippen molar-refractivity contribution in [1.82, 2.24) is 0 Å². The molecule has 74 valence electrons. The predicted molar refractivity (Wildman–Crippen MR) is 57.4 cm³/mol.